The van der Waals surface area contributed by atoms with Crippen LogP contribution in [0.15, 0.2) is 0 Å². The summed E-state index contributed by atoms with van der Waals surface area (Å²) in [4.78, 5) is 15.3. The Hall–Kier alpha value is 1.32. The summed E-state index contributed by atoms with van der Waals surface area (Å²) in [7, 11) is -7.70. The topological polar surface area (TPSA) is 113 Å². The van der Waals surface area contributed by atoms with E-state index in [1.807, 2.05) is 0 Å². The molecule has 0 spiro atoms. The van der Waals surface area contributed by atoms with E-state index in [0.717, 1.165) is 0 Å². The van der Waals surface area contributed by atoms with Crippen LogP contribution >= 0.6 is 7.82 Å². The van der Waals surface area contributed by atoms with Gasteiger partial charge in [-0.1, -0.05) is 0 Å². The molecule has 0 fully saturated rings. The van der Waals surface area contributed by atoms with E-state index in [1.165, 1.54) is 0 Å². The van der Waals surface area contributed by atoms with Crippen LogP contribution in [-0.2, 0) is 8.64 Å². The first-order chi connectivity index (χ1) is 3.42. The van der Waals surface area contributed by atoms with Gasteiger partial charge < -0.3 is 9.32 Å². The molecule has 0 atom stereocenters. The van der Waals surface area contributed by atoms with Crippen molar-refractivity contribution in [2.45, 2.75) is 0 Å². The van der Waals surface area contributed by atoms with E-state index < -0.39 is 18.6 Å². The minimum absolute atomic E-state index is 0. The molecular formula is H3ClNaO6P. The second-order valence-corrected chi connectivity index (χ2v) is 2.66. The molecule has 0 unspecified atom stereocenters. The Balaban J connectivity index is 0. The fraction of sp³-hybridized carbons (Fsp3) is 0. The van der Waals surface area contributed by atoms with Crippen LogP contribution in [0, 0.1) is 10.8 Å². The van der Waals surface area contributed by atoms with E-state index in [9.17, 15) is 13.9 Å². The number of halogens is 1. The van der Waals surface area contributed by atoms with Crippen LogP contribution in [0.4, 0.5) is 0 Å². The predicted molar refractivity (Wildman–Crippen MR) is 20.3 cm³/mol. The Kier molecular flexibility index (Phi) is 7.24. The van der Waals surface area contributed by atoms with Gasteiger partial charge in [-0.3, -0.25) is 9.79 Å². The summed E-state index contributed by atoms with van der Waals surface area (Å²) in [6, 6.07) is 0. The molecule has 0 bridgehead atoms. The molecule has 0 aliphatic rings. The van der Waals surface area contributed by atoms with Crippen molar-refractivity contribution in [3.8, 4) is 0 Å². The summed E-state index contributed by atoms with van der Waals surface area (Å²) >= 11 is 0. The van der Waals surface area contributed by atoms with Gasteiger partial charge in [0.15, 0.2) is 0 Å². The van der Waals surface area contributed by atoms with E-state index in [4.69, 9.17) is 9.79 Å². The normalized spacial score (nSPS) is 11.2. The van der Waals surface area contributed by atoms with Gasteiger partial charge in [0.2, 0.25) is 0 Å². The quantitative estimate of drug-likeness (QED) is 0.344. The Morgan fingerprint density at radius 2 is 1.78 bits per heavy atom. The molecule has 2 N–H and O–H groups in total. The second kappa shape index (κ2) is 5.03. The summed E-state index contributed by atoms with van der Waals surface area (Å²) in [5.74, 6) is 0. The standard InChI is InChI=1S/ClH2O6P.Na.H/c2-1(3)7-8(4,5)6;;/h(H2,4,5,6);;. The van der Waals surface area contributed by atoms with Crippen LogP contribution in [0.25, 0.3) is 0 Å². The third-order valence-electron chi connectivity index (χ3n) is 0.146. The molecule has 0 aliphatic carbocycles. The maximum atomic E-state index is 9.51. The summed E-state index contributed by atoms with van der Waals surface area (Å²) in [6.07, 6.45) is 0. The summed E-state index contributed by atoms with van der Waals surface area (Å²) in [5, 5.41) is 0. The molecule has 0 amide bonds. The molecule has 0 aliphatic heterocycles. The van der Waals surface area contributed by atoms with Gasteiger partial charge in [0.05, 0.1) is 0 Å². The Morgan fingerprint density at radius 3 is 1.78 bits per heavy atom. The number of rotatable bonds is 2. The molecule has 0 aromatic heterocycles. The number of hydrogen-bond acceptors (Lipinski definition) is 4. The molecule has 0 radical (unpaired) electrons. The van der Waals surface area contributed by atoms with Gasteiger partial charge in [-0.05, 0) is 0 Å². The van der Waals surface area contributed by atoms with Crippen LogP contribution in [0.5, 0.6) is 0 Å². The Labute approximate surface area is 75.8 Å². The van der Waals surface area contributed by atoms with E-state index in [1.54, 1.807) is 0 Å². The van der Waals surface area contributed by atoms with Crippen molar-refractivity contribution in [1.29, 1.82) is 0 Å². The molecule has 0 aromatic carbocycles. The summed E-state index contributed by atoms with van der Waals surface area (Å²) < 4.78 is 31.0. The van der Waals surface area contributed by atoms with Crippen molar-refractivity contribution in [3.05, 3.63) is 0 Å². The average molecular weight is 188 g/mol. The van der Waals surface area contributed by atoms with Crippen molar-refractivity contribution >= 4 is 37.4 Å². The molecular weight excluding hydrogens is 185 g/mol. The monoisotopic (exact) mass is 188 g/mol. The van der Waals surface area contributed by atoms with Crippen molar-refractivity contribution in [3.63, 3.8) is 0 Å². The van der Waals surface area contributed by atoms with Crippen LogP contribution < -0.4 is 9.32 Å². The van der Waals surface area contributed by atoms with Crippen LogP contribution in [0.1, 0.15) is 0 Å². The van der Waals surface area contributed by atoms with Gasteiger partial charge in [0, 0.05) is 0 Å². The van der Waals surface area contributed by atoms with E-state index in [2.05, 4.69) is 4.08 Å². The fourth-order valence-electron chi connectivity index (χ4n) is 0.0734. The van der Waals surface area contributed by atoms with E-state index >= 15 is 0 Å². The zero-order valence-corrected chi connectivity index (χ0v) is 5.00. The molecule has 52 valence electrons. The van der Waals surface area contributed by atoms with Gasteiger partial charge in [-0.25, -0.2) is 4.57 Å². The first kappa shape index (κ1) is 12.9. The number of hydrogen-bond donors (Lipinski definition) is 2. The molecule has 0 rings (SSSR count). The van der Waals surface area contributed by atoms with Crippen molar-refractivity contribution in [1.82, 2.24) is 0 Å². The van der Waals surface area contributed by atoms with E-state index in [-0.39, 0.29) is 29.6 Å². The van der Waals surface area contributed by atoms with Crippen LogP contribution in [-0.4, -0.2) is 39.3 Å². The van der Waals surface area contributed by atoms with Gasteiger partial charge in [0.25, 0.3) is 10.8 Å². The van der Waals surface area contributed by atoms with Gasteiger partial charge in [-0.15, -0.1) is 0 Å². The van der Waals surface area contributed by atoms with Crippen molar-refractivity contribution in [2.24, 2.45) is 0 Å². The fourth-order valence-corrected chi connectivity index (χ4v) is 0.661. The van der Waals surface area contributed by atoms with Gasteiger partial charge in [-0.2, -0.15) is 0 Å². The second-order valence-electron chi connectivity index (χ2n) is 0.749. The first-order valence-electron chi connectivity index (χ1n) is 1.23. The maximum absolute atomic E-state index is 9.51. The van der Waals surface area contributed by atoms with Crippen LogP contribution in [0.2, 0.25) is 0 Å². The van der Waals surface area contributed by atoms with Gasteiger partial charge in [0.1, 0.15) is 4.08 Å². The molecule has 0 aromatic rings. The van der Waals surface area contributed by atoms with Crippen molar-refractivity contribution < 1.29 is 38.5 Å². The third kappa shape index (κ3) is 12.5. The van der Waals surface area contributed by atoms with Crippen LogP contribution in [0.3, 0.4) is 0 Å². The average Bonchev–Trinajstić information content (AvgIpc) is 1.21. The Morgan fingerprint density at radius 1 is 1.44 bits per heavy atom. The molecule has 9 heteroatoms. The van der Waals surface area contributed by atoms with E-state index in [0.29, 0.717) is 0 Å². The number of phosphoric acid groups is 1. The first-order valence-corrected chi connectivity index (χ1v) is 3.68. The SMILES string of the molecule is O=P(O)(O)O[Cl+2]([O-])[O-].[NaH]. The summed E-state index contributed by atoms with van der Waals surface area (Å²) in [5.41, 5.74) is 0. The van der Waals surface area contributed by atoms with Crippen molar-refractivity contribution in [2.75, 3.05) is 0 Å². The van der Waals surface area contributed by atoms with Gasteiger partial charge >= 0.3 is 37.4 Å². The molecule has 0 saturated carbocycles. The zero-order chi connectivity index (χ0) is 6.78. The molecule has 0 saturated heterocycles. The predicted octanol–water partition coefficient (Wildman–Crippen LogP) is -3.47. The third-order valence-corrected chi connectivity index (χ3v) is 1.32. The molecule has 6 nitrogen and oxygen atoms in total. The summed E-state index contributed by atoms with van der Waals surface area (Å²) in [6.45, 7) is 0. The molecule has 0 heterocycles. The zero-order valence-electron chi connectivity index (χ0n) is 3.35. The molecule has 9 heavy (non-hydrogen) atoms. The minimum atomic E-state index is -4.85. The Bertz CT molecular complexity index is 106.